The van der Waals surface area contributed by atoms with Gasteiger partial charge in [-0.1, -0.05) is 0 Å². The van der Waals surface area contributed by atoms with Gasteiger partial charge in [0.25, 0.3) is 0 Å². The van der Waals surface area contributed by atoms with E-state index in [9.17, 15) is 0 Å². The van der Waals surface area contributed by atoms with E-state index >= 15 is 0 Å². The summed E-state index contributed by atoms with van der Waals surface area (Å²) in [6.07, 6.45) is 4.37. The van der Waals surface area contributed by atoms with Crippen LogP contribution in [0.15, 0.2) is 84.9 Å². The minimum Gasteiger partial charge on any atom is -0.494 e. The van der Waals surface area contributed by atoms with Crippen molar-refractivity contribution in [3.05, 3.63) is 96.1 Å². The van der Waals surface area contributed by atoms with Crippen molar-refractivity contribution in [2.45, 2.75) is 39.5 Å². The lowest BCUT2D eigenvalue weighted by Gasteiger charge is -2.09. The average molecular weight is 573 g/mol. The molecule has 224 valence electrons. The maximum atomic E-state index is 5.80. The van der Waals surface area contributed by atoms with E-state index in [2.05, 4.69) is 0 Å². The second-order valence-corrected chi connectivity index (χ2v) is 9.98. The normalized spacial score (nSPS) is 10.3. The molecule has 0 aliphatic heterocycles. The molecule has 0 radical (unpaired) electrons. The summed E-state index contributed by atoms with van der Waals surface area (Å²) in [7, 11) is 0. The minimum absolute atomic E-state index is 0.480. The zero-order valence-electron chi connectivity index (χ0n) is 24.7. The molecule has 8 nitrogen and oxygen atoms in total. The number of anilines is 4. The predicted molar refractivity (Wildman–Crippen MR) is 173 cm³/mol. The Balaban J connectivity index is 0.000000240. The summed E-state index contributed by atoms with van der Waals surface area (Å²) in [4.78, 5) is 0. The van der Waals surface area contributed by atoms with E-state index in [-0.39, 0.29) is 0 Å². The van der Waals surface area contributed by atoms with Crippen molar-refractivity contribution < 1.29 is 18.9 Å². The molecule has 0 heterocycles. The lowest BCUT2D eigenvalue weighted by atomic mass is 10.2. The van der Waals surface area contributed by atoms with Crippen LogP contribution in [0.5, 0.6) is 23.0 Å². The van der Waals surface area contributed by atoms with Gasteiger partial charge in [0.2, 0.25) is 0 Å². The number of unbranched alkanes of at least 4 members (excludes halogenated alkanes) is 3. The minimum atomic E-state index is 0.480. The Bertz CT molecular complexity index is 1240. The summed E-state index contributed by atoms with van der Waals surface area (Å²) < 4.78 is 22.5. The van der Waals surface area contributed by atoms with E-state index in [4.69, 9.17) is 41.9 Å². The van der Waals surface area contributed by atoms with Crippen LogP contribution in [-0.4, -0.2) is 26.4 Å². The van der Waals surface area contributed by atoms with Crippen molar-refractivity contribution in [2.24, 2.45) is 0 Å². The highest BCUT2D eigenvalue weighted by Gasteiger charge is 2.00. The van der Waals surface area contributed by atoms with Crippen LogP contribution < -0.4 is 41.9 Å². The third-order valence-electron chi connectivity index (χ3n) is 6.44. The van der Waals surface area contributed by atoms with Crippen LogP contribution in [0.4, 0.5) is 22.7 Å². The first kappa shape index (κ1) is 31.8. The molecule has 0 unspecified atom stereocenters. The predicted octanol–water partition coefficient (Wildman–Crippen LogP) is 6.79. The Morgan fingerprint density at radius 3 is 1.10 bits per heavy atom. The summed E-state index contributed by atoms with van der Waals surface area (Å²) >= 11 is 0. The van der Waals surface area contributed by atoms with Crippen molar-refractivity contribution in [3.8, 4) is 23.0 Å². The van der Waals surface area contributed by atoms with Gasteiger partial charge in [0.1, 0.15) is 36.2 Å². The molecule has 0 spiro atoms. The highest BCUT2D eigenvalue weighted by atomic mass is 16.5. The van der Waals surface area contributed by atoms with E-state index in [0.717, 1.165) is 95.8 Å². The van der Waals surface area contributed by atoms with Gasteiger partial charge in [0.05, 0.1) is 13.2 Å². The molecule has 4 rings (SSSR count). The van der Waals surface area contributed by atoms with Gasteiger partial charge in [0, 0.05) is 22.7 Å². The number of nitrogen functional groups attached to an aromatic ring is 4. The molecule has 42 heavy (non-hydrogen) atoms. The topological polar surface area (TPSA) is 141 Å². The molecule has 0 saturated heterocycles. The first-order chi connectivity index (χ1) is 20.3. The summed E-state index contributed by atoms with van der Waals surface area (Å²) in [6.45, 7) is 6.42. The van der Waals surface area contributed by atoms with Crippen molar-refractivity contribution in [3.63, 3.8) is 0 Å². The second kappa shape index (κ2) is 17.2. The van der Waals surface area contributed by atoms with Gasteiger partial charge in [-0.2, -0.15) is 0 Å². The Morgan fingerprint density at radius 1 is 0.405 bits per heavy atom. The van der Waals surface area contributed by atoms with Crippen LogP contribution in [0, 0.1) is 13.8 Å². The van der Waals surface area contributed by atoms with Gasteiger partial charge in [0.15, 0.2) is 0 Å². The second-order valence-electron chi connectivity index (χ2n) is 9.98. The largest absolute Gasteiger partial charge is 0.494 e. The Kier molecular flexibility index (Phi) is 13.0. The molecule has 0 amide bonds. The van der Waals surface area contributed by atoms with Crippen molar-refractivity contribution in [1.82, 2.24) is 0 Å². The lowest BCUT2D eigenvalue weighted by Crippen LogP contribution is -2.08. The number of hydrogen-bond donors (Lipinski definition) is 4. The molecule has 0 saturated carbocycles. The quantitative estimate of drug-likeness (QED) is 0.0955. The number of nitrogens with two attached hydrogens (primary N) is 4. The van der Waals surface area contributed by atoms with Crippen LogP contribution in [0.2, 0.25) is 0 Å². The smallest absolute Gasteiger partial charge is 0.122 e. The number of rotatable bonds is 14. The first-order valence-electron chi connectivity index (χ1n) is 14.2. The molecule has 0 aliphatic carbocycles. The number of ether oxygens (including phenoxy) is 4. The molecule has 0 atom stereocenters. The van der Waals surface area contributed by atoms with Gasteiger partial charge in [-0.3, -0.25) is 0 Å². The lowest BCUT2D eigenvalue weighted by molar-refractivity contribution is 0.217. The van der Waals surface area contributed by atoms with E-state index < -0.39 is 0 Å². The zero-order chi connectivity index (χ0) is 30.2. The molecule has 0 aromatic heterocycles. The van der Waals surface area contributed by atoms with Crippen LogP contribution >= 0.6 is 0 Å². The first-order valence-corrected chi connectivity index (χ1v) is 14.2. The van der Waals surface area contributed by atoms with Gasteiger partial charge in [-0.05, 0) is 136 Å². The van der Waals surface area contributed by atoms with Crippen LogP contribution in [-0.2, 0) is 0 Å². The number of benzene rings is 4. The Labute approximate surface area is 249 Å². The maximum absolute atomic E-state index is 5.80. The number of aryl methyl sites for hydroxylation is 2. The van der Waals surface area contributed by atoms with E-state index in [1.54, 1.807) is 24.3 Å². The summed E-state index contributed by atoms with van der Waals surface area (Å²) in [5.74, 6) is 3.35. The third kappa shape index (κ3) is 11.8. The van der Waals surface area contributed by atoms with E-state index in [1.165, 1.54) is 0 Å². The highest BCUT2D eigenvalue weighted by molar-refractivity contribution is 5.50. The average Bonchev–Trinajstić information content (AvgIpc) is 2.98. The van der Waals surface area contributed by atoms with Gasteiger partial charge >= 0.3 is 0 Å². The summed E-state index contributed by atoms with van der Waals surface area (Å²) in [5, 5.41) is 0. The molecule has 0 fully saturated rings. The van der Waals surface area contributed by atoms with Crippen LogP contribution in [0.1, 0.15) is 36.8 Å². The van der Waals surface area contributed by atoms with Crippen LogP contribution in [0.3, 0.4) is 0 Å². The van der Waals surface area contributed by atoms with Crippen molar-refractivity contribution >= 4 is 22.7 Å². The van der Waals surface area contributed by atoms with E-state index in [0.29, 0.717) is 13.2 Å². The van der Waals surface area contributed by atoms with E-state index in [1.807, 2.05) is 74.5 Å². The molecular weight excluding hydrogens is 528 g/mol. The van der Waals surface area contributed by atoms with Gasteiger partial charge in [-0.25, -0.2) is 0 Å². The molecule has 4 aromatic rings. The Hall–Kier alpha value is -4.72. The standard InChI is InChI=1S/C20H28N2O2.C14H16N2O2/c1-15-13-17(7-9-19(15)21)23-11-5-3-4-6-12-24-18-8-10-20(22)16(2)14-18;15-11-1-5-13(6-2-11)17-9-10-18-14-7-3-12(16)4-8-14/h7-10,13-14H,3-6,11-12,21-22H2,1-2H3;1-8H,9-10,15-16H2. The fourth-order valence-corrected chi connectivity index (χ4v) is 3.86. The van der Waals surface area contributed by atoms with Crippen molar-refractivity contribution in [1.29, 1.82) is 0 Å². The van der Waals surface area contributed by atoms with Gasteiger partial charge < -0.3 is 41.9 Å². The molecular formula is C34H44N4O4. The van der Waals surface area contributed by atoms with Crippen LogP contribution in [0.25, 0.3) is 0 Å². The summed E-state index contributed by atoms with van der Waals surface area (Å²) in [5.41, 5.74) is 27.9. The number of hydrogen-bond acceptors (Lipinski definition) is 8. The van der Waals surface area contributed by atoms with Gasteiger partial charge in [-0.15, -0.1) is 0 Å². The molecule has 8 N–H and O–H groups in total. The summed E-state index contributed by atoms with van der Waals surface area (Å²) in [6, 6.07) is 26.1. The Morgan fingerprint density at radius 2 is 0.738 bits per heavy atom. The monoisotopic (exact) mass is 572 g/mol. The third-order valence-corrected chi connectivity index (χ3v) is 6.44. The zero-order valence-corrected chi connectivity index (χ0v) is 24.7. The fourth-order valence-electron chi connectivity index (χ4n) is 3.86. The maximum Gasteiger partial charge on any atom is 0.122 e. The van der Waals surface area contributed by atoms with Crippen molar-refractivity contribution in [2.75, 3.05) is 49.4 Å². The fraction of sp³-hybridized carbons (Fsp3) is 0.294. The molecule has 8 heteroatoms. The molecule has 0 bridgehead atoms. The highest BCUT2D eigenvalue weighted by Crippen LogP contribution is 2.20. The molecule has 0 aliphatic rings. The molecule has 4 aromatic carbocycles. The SMILES string of the molecule is Cc1cc(OCCCCCCOc2ccc(N)c(C)c2)ccc1N.Nc1ccc(OCCOc2ccc(N)cc2)cc1.